The summed E-state index contributed by atoms with van der Waals surface area (Å²) in [5.74, 6) is -0.166. The number of nitrogens with zero attached hydrogens (tertiary/aromatic N) is 5. The van der Waals surface area contributed by atoms with Crippen LogP contribution in [0.15, 0.2) is 67.0 Å². The van der Waals surface area contributed by atoms with Crippen LogP contribution in [0, 0.1) is 6.92 Å². The van der Waals surface area contributed by atoms with E-state index in [1.807, 2.05) is 65.5 Å². The summed E-state index contributed by atoms with van der Waals surface area (Å²) in [6.07, 6.45) is 5.40. The van der Waals surface area contributed by atoms with Gasteiger partial charge >= 0.3 is 0 Å². The second-order valence-electron chi connectivity index (χ2n) is 12.5. The van der Waals surface area contributed by atoms with Crippen molar-refractivity contribution < 1.29 is 9.59 Å². The molecule has 2 amide bonds. The van der Waals surface area contributed by atoms with Crippen LogP contribution in [-0.2, 0) is 40.0 Å². The molecule has 8 nitrogen and oxygen atoms in total. The van der Waals surface area contributed by atoms with E-state index >= 15 is 0 Å². The lowest BCUT2D eigenvalue weighted by molar-refractivity contribution is 0.0658. The SMILES string of the molecule is Cc1c(C(=O)Nc2cnc3c(ccn3C)c2)cc(-c2cc3c(cc2C(=O)N2Cc4ccccc4C[C@H]2C)CN(C)CC3)n1C. The summed E-state index contributed by atoms with van der Waals surface area (Å²) in [5, 5.41) is 4.01. The Morgan fingerprint density at radius 3 is 2.52 bits per heavy atom. The van der Waals surface area contributed by atoms with Gasteiger partial charge in [0.25, 0.3) is 11.8 Å². The van der Waals surface area contributed by atoms with Crippen molar-refractivity contribution in [3.8, 4) is 11.3 Å². The lowest BCUT2D eigenvalue weighted by Crippen LogP contribution is -2.43. The number of aryl methyl sites for hydroxylation is 1. The number of hydrogen-bond donors (Lipinski definition) is 1. The Morgan fingerprint density at radius 2 is 1.70 bits per heavy atom. The largest absolute Gasteiger partial charge is 0.347 e. The summed E-state index contributed by atoms with van der Waals surface area (Å²) in [5.41, 5.74) is 10.3. The zero-order valence-electron chi connectivity index (χ0n) is 26.0. The van der Waals surface area contributed by atoms with Crippen LogP contribution in [0.1, 0.15) is 55.6 Å². The van der Waals surface area contributed by atoms with Gasteiger partial charge in [-0.15, -0.1) is 0 Å². The van der Waals surface area contributed by atoms with E-state index in [4.69, 9.17) is 0 Å². The van der Waals surface area contributed by atoms with Gasteiger partial charge in [0.2, 0.25) is 0 Å². The first-order chi connectivity index (χ1) is 21.2. The predicted octanol–water partition coefficient (Wildman–Crippen LogP) is 5.71. The minimum atomic E-state index is -0.199. The molecular formula is C36H38N6O2. The normalized spacial score (nSPS) is 16.6. The summed E-state index contributed by atoms with van der Waals surface area (Å²) in [4.78, 5) is 36.9. The summed E-state index contributed by atoms with van der Waals surface area (Å²) in [6, 6.07) is 18.7. The third-order valence-electron chi connectivity index (χ3n) is 9.56. The van der Waals surface area contributed by atoms with Crippen LogP contribution in [0.4, 0.5) is 5.69 Å². The number of amides is 2. The van der Waals surface area contributed by atoms with Crippen LogP contribution in [0.25, 0.3) is 22.3 Å². The maximum absolute atomic E-state index is 14.5. The van der Waals surface area contributed by atoms with Crippen molar-refractivity contribution in [3.63, 3.8) is 0 Å². The Morgan fingerprint density at radius 1 is 0.909 bits per heavy atom. The van der Waals surface area contributed by atoms with Crippen molar-refractivity contribution in [1.29, 1.82) is 0 Å². The van der Waals surface area contributed by atoms with Crippen molar-refractivity contribution in [3.05, 3.63) is 106 Å². The highest BCUT2D eigenvalue weighted by molar-refractivity contribution is 6.07. The van der Waals surface area contributed by atoms with Crippen molar-refractivity contribution >= 4 is 28.5 Å². The maximum atomic E-state index is 14.5. The second-order valence-corrected chi connectivity index (χ2v) is 12.5. The van der Waals surface area contributed by atoms with E-state index in [-0.39, 0.29) is 17.9 Å². The molecular weight excluding hydrogens is 548 g/mol. The van der Waals surface area contributed by atoms with E-state index in [1.165, 1.54) is 22.3 Å². The molecule has 0 saturated carbocycles. The van der Waals surface area contributed by atoms with Crippen LogP contribution in [0.2, 0.25) is 0 Å². The summed E-state index contributed by atoms with van der Waals surface area (Å²) < 4.78 is 3.99. The van der Waals surface area contributed by atoms with Crippen LogP contribution in [0.3, 0.4) is 0 Å². The molecule has 7 rings (SSSR count). The van der Waals surface area contributed by atoms with Gasteiger partial charge in [-0.3, -0.25) is 9.59 Å². The molecule has 0 unspecified atom stereocenters. The van der Waals surface area contributed by atoms with Gasteiger partial charge in [-0.1, -0.05) is 24.3 Å². The lowest BCUT2D eigenvalue weighted by atomic mass is 9.90. The zero-order valence-corrected chi connectivity index (χ0v) is 26.0. The molecule has 2 aliphatic rings. The molecule has 0 aliphatic carbocycles. The number of carbonyl (C=O) groups is 2. The molecule has 5 aromatic rings. The van der Waals surface area contributed by atoms with Gasteiger partial charge in [0.05, 0.1) is 17.4 Å². The zero-order chi connectivity index (χ0) is 30.7. The fourth-order valence-electron chi connectivity index (χ4n) is 6.85. The van der Waals surface area contributed by atoms with Gasteiger partial charge in [0.15, 0.2) is 0 Å². The number of hydrogen-bond acceptors (Lipinski definition) is 4. The number of carbonyl (C=O) groups excluding carboxylic acids is 2. The average molecular weight is 587 g/mol. The molecule has 8 heteroatoms. The first-order valence-electron chi connectivity index (χ1n) is 15.3. The number of likely N-dealkylation sites (N-methyl/N-ethyl adjacent to an activating group) is 1. The van der Waals surface area contributed by atoms with Crippen LogP contribution < -0.4 is 5.32 Å². The van der Waals surface area contributed by atoms with Gasteiger partial charge in [-0.2, -0.15) is 0 Å². The van der Waals surface area contributed by atoms with Gasteiger partial charge in [0.1, 0.15) is 5.65 Å². The monoisotopic (exact) mass is 586 g/mol. The fraction of sp³-hybridized carbons (Fsp3) is 0.306. The first-order valence-corrected chi connectivity index (χ1v) is 15.3. The lowest BCUT2D eigenvalue weighted by Gasteiger charge is -2.36. The van der Waals surface area contributed by atoms with E-state index < -0.39 is 0 Å². The van der Waals surface area contributed by atoms with Crippen molar-refractivity contribution in [1.82, 2.24) is 23.9 Å². The molecule has 1 atom stereocenters. The molecule has 3 aromatic heterocycles. The van der Waals surface area contributed by atoms with Crippen LogP contribution >= 0.6 is 0 Å². The Bertz CT molecular complexity index is 1950. The molecule has 5 heterocycles. The molecule has 1 N–H and O–H groups in total. The van der Waals surface area contributed by atoms with E-state index in [1.54, 1.807) is 6.20 Å². The molecule has 44 heavy (non-hydrogen) atoms. The number of nitrogens with one attached hydrogen (secondary N) is 1. The van der Waals surface area contributed by atoms with E-state index in [0.29, 0.717) is 23.4 Å². The molecule has 224 valence electrons. The van der Waals surface area contributed by atoms with Gasteiger partial charge < -0.3 is 24.3 Å². The minimum Gasteiger partial charge on any atom is -0.347 e. The molecule has 0 radical (unpaired) electrons. The molecule has 0 spiro atoms. The van der Waals surface area contributed by atoms with Crippen molar-refractivity contribution in [2.45, 2.75) is 45.8 Å². The highest BCUT2D eigenvalue weighted by Gasteiger charge is 2.31. The molecule has 0 bridgehead atoms. The Balaban J connectivity index is 1.27. The average Bonchev–Trinajstić information content (AvgIpc) is 3.53. The van der Waals surface area contributed by atoms with Crippen LogP contribution in [-0.4, -0.2) is 55.4 Å². The fourth-order valence-corrected chi connectivity index (χ4v) is 6.85. The van der Waals surface area contributed by atoms with Crippen molar-refractivity contribution in [2.24, 2.45) is 14.1 Å². The van der Waals surface area contributed by atoms with Gasteiger partial charge in [0, 0.05) is 73.9 Å². The van der Waals surface area contributed by atoms with E-state index in [9.17, 15) is 9.59 Å². The van der Waals surface area contributed by atoms with Crippen LogP contribution in [0.5, 0.6) is 0 Å². The molecule has 0 fully saturated rings. The predicted molar refractivity (Wildman–Crippen MR) is 174 cm³/mol. The van der Waals surface area contributed by atoms with E-state index in [2.05, 4.69) is 59.5 Å². The highest BCUT2D eigenvalue weighted by Crippen LogP contribution is 2.35. The topological polar surface area (TPSA) is 75.4 Å². The minimum absolute atomic E-state index is 0.0325. The smallest absolute Gasteiger partial charge is 0.257 e. The van der Waals surface area contributed by atoms with Crippen molar-refractivity contribution in [2.75, 3.05) is 18.9 Å². The van der Waals surface area contributed by atoms with E-state index in [0.717, 1.165) is 53.9 Å². The third kappa shape index (κ3) is 4.79. The number of fused-ring (bicyclic) bond motifs is 3. The summed E-state index contributed by atoms with van der Waals surface area (Å²) in [6.45, 7) is 6.46. The number of rotatable bonds is 4. The number of pyridine rings is 1. The molecule has 0 saturated heterocycles. The third-order valence-corrected chi connectivity index (χ3v) is 9.56. The number of benzene rings is 2. The quantitative estimate of drug-likeness (QED) is 0.293. The number of aromatic nitrogens is 3. The Kier molecular flexibility index (Phi) is 6.89. The highest BCUT2D eigenvalue weighted by atomic mass is 16.2. The maximum Gasteiger partial charge on any atom is 0.257 e. The summed E-state index contributed by atoms with van der Waals surface area (Å²) in [7, 11) is 6.05. The van der Waals surface area contributed by atoms with Gasteiger partial charge in [-0.05, 0) is 86.3 Å². The van der Waals surface area contributed by atoms with Gasteiger partial charge in [-0.25, -0.2) is 4.98 Å². The number of anilines is 1. The standard InChI is InChI=1S/C36H38N6O2/c1-22-14-24-8-6-7-9-27(24)21-42(22)36(44)32-17-28-20-39(3)12-10-25(28)16-31(32)33-18-30(23(2)41(33)5)35(43)38-29-15-26-11-13-40(4)34(26)37-19-29/h6-9,11,13,15-19,22H,10,12,14,20-21H2,1-5H3,(H,38,43)/t22-/m1/s1. The molecule has 2 aromatic carbocycles. The Hall–Kier alpha value is -4.69. The molecule has 2 aliphatic heterocycles. The first kappa shape index (κ1) is 28.1. The Labute approximate surface area is 257 Å². The summed E-state index contributed by atoms with van der Waals surface area (Å²) >= 11 is 0. The second kappa shape index (κ2) is 10.8.